The summed E-state index contributed by atoms with van der Waals surface area (Å²) >= 11 is 0. The van der Waals surface area contributed by atoms with E-state index in [1.165, 1.54) is 10.6 Å². The van der Waals surface area contributed by atoms with Gasteiger partial charge in [0.1, 0.15) is 11.3 Å². The van der Waals surface area contributed by atoms with Gasteiger partial charge < -0.3 is 4.98 Å². The van der Waals surface area contributed by atoms with Crippen molar-refractivity contribution in [3.8, 4) is 0 Å². The summed E-state index contributed by atoms with van der Waals surface area (Å²) in [5.41, 5.74) is 1.56. The molecule has 0 saturated carbocycles. The molecule has 3 rings (SSSR count). The van der Waals surface area contributed by atoms with E-state index in [1.54, 1.807) is 12.1 Å². The zero-order valence-corrected chi connectivity index (χ0v) is 9.56. The Balaban J connectivity index is 2.15. The van der Waals surface area contributed by atoms with E-state index in [4.69, 9.17) is 0 Å². The highest BCUT2D eigenvalue weighted by Gasteiger charge is 2.09. The number of aromatic nitrogens is 2. The number of para-hydroxylation sites is 1. The van der Waals surface area contributed by atoms with E-state index in [2.05, 4.69) is 4.98 Å². The molecule has 0 saturated heterocycles. The second-order valence-electron chi connectivity index (χ2n) is 4.14. The molecule has 0 aliphatic carbocycles. The fourth-order valence-corrected chi connectivity index (χ4v) is 2.07. The van der Waals surface area contributed by atoms with Crippen LogP contribution < -0.4 is 5.69 Å². The SMILES string of the molecule is O=c1[nH]c2c(F)cccc2n1Cc1ccccc1. The van der Waals surface area contributed by atoms with Crippen LogP contribution in [0.2, 0.25) is 0 Å². The second kappa shape index (κ2) is 4.14. The molecule has 0 unspecified atom stereocenters. The summed E-state index contributed by atoms with van der Waals surface area (Å²) in [7, 11) is 0. The Bertz CT molecular complexity index is 743. The van der Waals surface area contributed by atoms with Crippen molar-refractivity contribution >= 4 is 11.0 Å². The largest absolute Gasteiger partial charge is 0.326 e. The molecule has 0 atom stereocenters. The topological polar surface area (TPSA) is 37.8 Å². The summed E-state index contributed by atoms with van der Waals surface area (Å²) in [5, 5.41) is 0. The van der Waals surface area contributed by atoms with Crippen molar-refractivity contribution in [2.75, 3.05) is 0 Å². The Morgan fingerprint density at radius 2 is 1.83 bits per heavy atom. The van der Waals surface area contributed by atoms with Crippen molar-refractivity contribution in [2.24, 2.45) is 0 Å². The monoisotopic (exact) mass is 242 g/mol. The summed E-state index contributed by atoms with van der Waals surface area (Å²) in [5.74, 6) is -0.406. The Morgan fingerprint density at radius 1 is 1.06 bits per heavy atom. The predicted molar refractivity (Wildman–Crippen MR) is 68.1 cm³/mol. The summed E-state index contributed by atoms with van der Waals surface area (Å²) < 4.78 is 15.1. The molecule has 0 aliphatic heterocycles. The summed E-state index contributed by atoms with van der Waals surface area (Å²) in [6.07, 6.45) is 0. The van der Waals surface area contributed by atoms with Gasteiger partial charge in [0.2, 0.25) is 0 Å². The van der Waals surface area contributed by atoms with Crippen LogP contribution in [-0.4, -0.2) is 9.55 Å². The van der Waals surface area contributed by atoms with Crippen molar-refractivity contribution < 1.29 is 4.39 Å². The highest BCUT2D eigenvalue weighted by molar-refractivity contribution is 5.75. The van der Waals surface area contributed by atoms with Crippen molar-refractivity contribution in [1.82, 2.24) is 9.55 Å². The van der Waals surface area contributed by atoms with Crippen LogP contribution in [0.4, 0.5) is 4.39 Å². The van der Waals surface area contributed by atoms with Gasteiger partial charge in [-0.25, -0.2) is 9.18 Å². The van der Waals surface area contributed by atoms with E-state index in [1.807, 2.05) is 30.3 Å². The quantitative estimate of drug-likeness (QED) is 0.736. The van der Waals surface area contributed by atoms with Gasteiger partial charge in [0.05, 0.1) is 12.1 Å². The summed E-state index contributed by atoms with van der Waals surface area (Å²) in [4.78, 5) is 14.4. The number of H-pyrrole nitrogens is 1. The third-order valence-corrected chi connectivity index (χ3v) is 2.94. The number of imidazole rings is 1. The zero-order valence-electron chi connectivity index (χ0n) is 9.56. The molecule has 4 heteroatoms. The Labute approximate surface area is 103 Å². The molecule has 0 aliphatic rings. The molecular formula is C14H11FN2O. The molecule has 1 aromatic heterocycles. The van der Waals surface area contributed by atoms with Crippen LogP contribution in [0.3, 0.4) is 0 Å². The Hall–Kier alpha value is -2.36. The van der Waals surface area contributed by atoms with Crippen LogP contribution in [0.15, 0.2) is 53.3 Å². The van der Waals surface area contributed by atoms with E-state index < -0.39 is 5.82 Å². The van der Waals surface area contributed by atoms with Gasteiger partial charge in [-0.1, -0.05) is 36.4 Å². The molecule has 2 aromatic carbocycles. The van der Waals surface area contributed by atoms with E-state index in [-0.39, 0.29) is 11.2 Å². The number of halogens is 1. The average Bonchev–Trinajstić information content (AvgIpc) is 2.70. The van der Waals surface area contributed by atoms with Gasteiger partial charge in [0.15, 0.2) is 0 Å². The molecule has 3 aromatic rings. The Kier molecular flexibility index (Phi) is 2.48. The maximum absolute atomic E-state index is 13.5. The molecular weight excluding hydrogens is 231 g/mol. The first-order valence-electron chi connectivity index (χ1n) is 5.66. The maximum Gasteiger partial charge on any atom is 0.326 e. The van der Waals surface area contributed by atoms with Crippen LogP contribution in [0.5, 0.6) is 0 Å². The lowest BCUT2D eigenvalue weighted by atomic mass is 10.2. The van der Waals surface area contributed by atoms with E-state index in [9.17, 15) is 9.18 Å². The Morgan fingerprint density at radius 3 is 2.61 bits per heavy atom. The minimum Gasteiger partial charge on any atom is -0.303 e. The number of nitrogens with one attached hydrogen (secondary N) is 1. The third kappa shape index (κ3) is 1.72. The van der Waals surface area contributed by atoms with Crippen molar-refractivity contribution in [3.63, 3.8) is 0 Å². The van der Waals surface area contributed by atoms with E-state index in [0.717, 1.165) is 5.56 Å². The van der Waals surface area contributed by atoms with Gasteiger partial charge in [0.25, 0.3) is 0 Å². The van der Waals surface area contributed by atoms with Gasteiger partial charge in [-0.05, 0) is 17.7 Å². The minimum atomic E-state index is -0.406. The normalized spacial score (nSPS) is 10.9. The molecule has 18 heavy (non-hydrogen) atoms. The highest BCUT2D eigenvalue weighted by Crippen LogP contribution is 2.14. The van der Waals surface area contributed by atoms with Crippen LogP contribution in [0.25, 0.3) is 11.0 Å². The second-order valence-corrected chi connectivity index (χ2v) is 4.14. The fourth-order valence-electron chi connectivity index (χ4n) is 2.07. The molecule has 0 radical (unpaired) electrons. The third-order valence-electron chi connectivity index (χ3n) is 2.94. The number of fused-ring (bicyclic) bond motifs is 1. The molecule has 1 heterocycles. The van der Waals surface area contributed by atoms with Crippen LogP contribution in [0, 0.1) is 5.82 Å². The van der Waals surface area contributed by atoms with Crippen molar-refractivity contribution in [2.45, 2.75) is 6.54 Å². The number of hydrogen-bond donors (Lipinski definition) is 1. The molecule has 90 valence electrons. The highest BCUT2D eigenvalue weighted by atomic mass is 19.1. The van der Waals surface area contributed by atoms with Gasteiger partial charge in [-0.15, -0.1) is 0 Å². The average molecular weight is 242 g/mol. The lowest BCUT2D eigenvalue weighted by Gasteiger charge is -2.03. The first-order valence-corrected chi connectivity index (χ1v) is 5.66. The lowest BCUT2D eigenvalue weighted by molar-refractivity contribution is 0.637. The maximum atomic E-state index is 13.5. The molecule has 0 amide bonds. The van der Waals surface area contributed by atoms with Crippen LogP contribution in [-0.2, 0) is 6.54 Å². The first-order chi connectivity index (χ1) is 8.75. The molecule has 3 nitrogen and oxygen atoms in total. The summed E-state index contributed by atoms with van der Waals surface area (Å²) in [6.45, 7) is 0.434. The standard InChI is InChI=1S/C14H11FN2O/c15-11-7-4-8-12-13(11)16-14(18)17(12)9-10-5-2-1-3-6-10/h1-8H,9H2,(H,16,18). The van der Waals surface area contributed by atoms with Gasteiger partial charge in [-0.2, -0.15) is 0 Å². The smallest absolute Gasteiger partial charge is 0.303 e. The number of rotatable bonds is 2. The lowest BCUT2D eigenvalue weighted by Crippen LogP contribution is -2.17. The fraction of sp³-hybridized carbons (Fsp3) is 0.0714. The molecule has 0 spiro atoms. The number of aromatic amines is 1. The zero-order chi connectivity index (χ0) is 12.5. The number of benzene rings is 2. The van der Waals surface area contributed by atoms with E-state index >= 15 is 0 Å². The van der Waals surface area contributed by atoms with Crippen LogP contribution in [0.1, 0.15) is 5.56 Å². The predicted octanol–water partition coefficient (Wildman–Crippen LogP) is 2.52. The molecule has 0 fully saturated rings. The van der Waals surface area contributed by atoms with Crippen molar-refractivity contribution in [1.29, 1.82) is 0 Å². The van der Waals surface area contributed by atoms with Crippen molar-refractivity contribution in [3.05, 3.63) is 70.4 Å². The molecule has 0 bridgehead atoms. The van der Waals surface area contributed by atoms with Gasteiger partial charge in [-0.3, -0.25) is 4.57 Å². The van der Waals surface area contributed by atoms with Gasteiger partial charge in [0, 0.05) is 0 Å². The van der Waals surface area contributed by atoms with E-state index in [0.29, 0.717) is 12.1 Å². The minimum absolute atomic E-state index is 0.262. The van der Waals surface area contributed by atoms with Gasteiger partial charge >= 0.3 is 5.69 Å². The molecule has 1 N–H and O–H groups in total. The summed E-state index contributed by atoms with van der Waals surface area (Å²) in [6, 6.07) is 14.3. The van der Waals surface area contributed by atoms with Crippen LogP contribution >= 0.6 is 0 Å². The first kappa shape index (κ1) is 10.8. The number of hydrogen-bond acceptors (Lipinski definition) is 1. The number of nitrogens with zero attached hydrogens (tertiary/aromatic N) is 1.